The number of carbonyl (C=O) groups is 1. The highest BCUT2D eigenvalue weighted by atomic mass is 32.1. The van der Waals surface area contributed by atoms with Crippen molar-refractivity contribution in [2.24, 2.45) is 0 Å². The third-order valence-electron chi connectivity index (χ3n) is 3.96. The molecule has 26 heavy (non-hydrogen) atoms. The predicted octanol–water partition coefficient (Wildman–Crippen LogP) is 3.84. The molecule has 0 spiro atoms. The van der Waals surface area contributed by atoms with Gasteiger partial charge in [0.05, 0.1) is 4.88 Å². The highest BCUT2D eigenvalue weighted by Crippen LogP contribution is 2.22. The Morgan fingerprint density at radius 2 is 2.15 bits per heavy atom. The van der Waals surface area contributed by atoms with E-state index >= 15 is 0 Å². The summed E-state index contributed by atoms with van der Waals surface area (Å²) < 4.78 is 11.0. The van der Waals surface area contributed by atoms with Gasteiger partial charge in [0, 0.05) is 6.54 Å². The van der Waals surface area contributed by atoms with Crippen molar-refractivity contribution < 1.29 is 14.1 Å². The lowest BCUT2D eigenvalue weighted by Crippen LogP contribution is -2.34. The number of hydrogen-bond acceptors (Lipinski definition) is 6. The number of likely N-dealkylation sites (N-methyl/N-ethyl adjacent to an activating group) is 1. The monoisotopic (exact) mass is 371 g/mol. The molecule has 136 valence electrons. The molecule has 0 aliphatic heterocycles. The van der Waals surface area contributed by atoms with E-state index in [1.807, 2.05) is 56.5 Å². The quantitative estimate of drug-likeness (QED) is 0.631. The van der Waals surface area contributed by atoms with Gasteiger partial charge in [0.2, 0.25) is 11.7 Å². The number of hydrogen-bond donors (Lipinski definition) is 0. The molecule has 2 aromatic heterocycles. The van der Waals surface area contributed by atoms with E-state index in [4.69, 9.17) is 9.26 Å². The fraction of sp³-hybridized carbons (Fsp3) is 0.316. The third-order valence-corrected chi connectivity index (χ3v) is 4.83. The van der Waals surface area contributed by atoms with Crippen molar-refractivity contribution in [3.05, 3.63) is 52.7 Å². The zero-order valence-electron chi connectivity index (χ0n) is 15.1. The van der Waals surface area contributed by atoms with E-state index in [-0.39, 0.29) is 19.1 Å². The minimum Gasteiger partial charge on any atom is -0.483 e. The highest BCUT2D eigenvalue weighted by molar-refractivity contribution is 7.13. The number of nitrogens with zero attached hydrogens (tertiary/aromatic N) is 3. The Balaban J connectivity index is 1.61. The fourth-order valence-corrected chi connectivity index (χ4v) is 3.11. The van der Waals surface area contributed by atoms with Crippen molar-refractivity contribution >= 4 is 17.2 Å². The predicted molar refractivity (Wildman–Crippen MR) is 100 cm³/mol. The molecule has 0 N–H and O–H groups in total. The zero-order valence-corrected chi connectivity index (χ0v) is 15.9. The molecule has 0 fully saturated rings. The highest BCUT2D eigenvalue weighted by Gasteiger charge is 2.18. The van der Waals surface area contributed by atoms with Gasteiger partial charge in [-0.1, -0.05) is 23.4 Å². The first kappa shape index (κ1) is 18.1. The second-order valence-corrected chi connectivity index (χ2v) is 6.90. The van der Waals surface area contributed by atoms with Crippen molar-refractivity contribution in [1.82, 2.24) is 15.0 Å². The molecule has 0 bridgehead atoms. The average molecular weight is 371 g/mol. The number of carbonyl (C=O) groups excluding carboxylic acids is 1. The summed E-state index contributed by atoms with van der Waals surface area (Å²) in [6.45, 7) is 6.64. The zero-order chi connectivity index (χ0) is 18.5. The number of ether oxygens (including phenoxy) is 1. The van der Waals surface area contributed by atoms with Crippen LogP contribution in [0, 0.1) is 13.8 Å². The van der Waals surface area contributed by atoms with E-state index in [0.29, 0.717) is 18.3 Å². The Hall–Kier alpha value is -2.67. The SMILES string of the molecule is CCN(Cc1nc(-c2cccs2)no1)C(=O)COc1cc(C)ccc1C. The standard InChI is InChI=1S/C19H21N3O3S/c1-4-22(11-17-20-19(21-25-17)16-6-5-9-26-16)18(23)12-24-15-10-13(2)7-8-14(15)3/h5-10H,4,11-12H2,1-3H3. The summed E-state index contributed by atoms with van der Waals surface area (Å²) in [5, 5.41) is 5.93. The van der Waals surface area contributed by atoms with Crippen molar-refractivity contribution in [3.8, 4) is 16.5 Å². The molecule has 0 radical (unpaired) electrons. The molecular weight excluding hydrogens is 350 g/mol. The average Bonchev–Trinajstić information content (AvgIpc) is 3.31. The van der Waals surface area contributed by atoms with Gasteiger partial charge < -0.3 is 14.2 Å². The molecule has 1 amide bonds. The Kier molecular flexibility index (Phi) is 5.68. The number of aromatic nitrogens is 2. The van der Waals surface area contributed by atoms with E-state index in [1.54, 1.807) is 16.2 Å². The third kappa shape index (κ3) is 4.29. The summed E-state index contributed by atoms with van der Waals surface area (Å²) in [5.74, 6) is 1.57. The van der Waals surface area contributed by atoms with E-state index < -0.39 is 0 Å². The molecule has 3 rings (SSSR count). The van der Waals surface area contributed by atoms with Gasteiger partial charge in [-0.05, 0) is 49.4 Å². The first-order valence-electron chi connectivity index (χ1n) is 8.41. The van der Waals surface area contributed by atoms with E-state index in [1.165, 1.54) is 0 Å². The first-order valence-corrected chi connectivity index (χ1v) is 9.29. The van der Waals surface area contributed by atoms with Gasteiger partial charge >= 0.3 is 0 Å². The minimum atomic E-state index is -0.121. The van der Waals surface area contributed by atoms with Crippen LogP contribution in [0.5, 0.6) is 5.75 Å². The van der Waals surface area contributed by atoms with Gasteiger partial charge in [-0.2, -0.15) is 4.98 Å². The van der Waals surface area contributed by atoms with Crippen LogP contribution in [0.4, 0.5) is 0 Å². The summed E-state index contributed by atoms with van der Waals surface area (Å²) in [5.41, 5.74) is 2.10. The molecule has 0 atom stereocenters. The molecule has 0 saturated heterocycles. The molecule has 7 heteroatoms. The normalized spacial score (nSPS) is 10.7. The van der Waals surface area contributed by atoms with Crippen LogP contribution in [0.3, 0.4) is 0 Å². The Morgan fingerprint density at radius 3 is 2.88 bits per heavy atom. The molecule has 0 aliphatic carbocycles. The van der Waals surface area contributed by atoms with Crippen LogP contribution in [0.1, 0.15) is 23.9 Å². The van der Waals surface area contributed by atoms with Crippen LogP contribution >= 0.6 is 11.3 Å². The van der Waals surface area contributed by atoms with Crippen molar-refractivity contribution in [2.75, 3.05) is 13.2 Å². The van der Waals surface area contributed by atoms with Crippen molar-refractivity contribution in [1.29, 1.82) is 0 Å². The van der Waals surface area contributed by atoms with Gasteiger partial charge in [-0.25, -0.2) is 0 Å². The van der Waals surface area contributed by atoms with Crippen LogP contribution in [0.2, 0.25) is 0 Å². The molecule has 3 aromatic rings. The van der Waals surface area contributed by atoms with Crippen LogP contribution in [-0.2, 0) is 11.3 Å². The second-order valence-electron chi connectivity index (χ2n) is 5.95. The maximum atomic E-state index is 12.5. The second kappa shape index (κ2) is 8.14. The topological polar surface area (TPSA) is 68.5 Å². The van der Waals surface area contributed by atoms with Crippen molar-refractivity contribution in [3.63, 3.8) is 0 Å². The van der Waals surface area contributed by atoms with E-state index in [9.17, 15) is 4.79 Å². The van der Waals surface area contributed by atoms with Crippen molar-refractivity contribution in [2.45, 2.75) is 27.3 Å². The minimum absolute atomic E-state index is 0.0238. The first-order chi connectivity index (χ1) is 12.6. The number of benzene rings is 1. The van der Waals surface area contributed by atoms with Gasteiger partial charge in [0.1, 0.15) is 12.3 Å². The molecular formula is C19H21N3O3S. The maximum Gasteiger partial charge on any atom is 0.260 e. The molecule has 6 nitrogen and oxygen atoms in total. The largest absolute Gasteiger partial charge is 0.483 e. The maximum absolute atomic E-state index is 12.5. The Labute approximate surface area is 156 Å². The Bertz CT molecular complexity index is 874. The smallest absolute Gasteiger partial charge is 0.260 e. The van der Waals surface area contributed by atoms with E-state index in [2.05, 4.69) is 10.1 Å². The molecule has 1 aromatic carbocycles. The van der Waals surface area contributed by atoms with Crippen LogP contribution in [-0.4, -0.2) is 34.1 Å². The van der Waals surface area contributed by atoms with Gasteiger partial charge in [-0.15, -0.1) is 11.3 Å². The van der Waals surface area contributed by atoms with Crippen LogP contribution in [0.25, 0.3) is 10.7 Å². The Morgan fingerprint density at radius 1 is 1.31 bits per heavy atom. The number of amides is 1. The summed E-state index contributed by atoms with van der Waals surface area (Å²) >= 11 is 1.54. The number of aryl methyl sites for hydroxylation is 2. The number of rotatable bonds is 7. The van der Waals surface area contributed by atoms with E-state index in [0.717, 1.165) is 21.8 Å². The lowest BCUT2D eigenvalue weighted by Gasteiger charge is -2.19. The summed E-state index contributed by atoms with van der Waals surface area (Å²) in [6.07, 6.45) is 0. The van der Waals surface area contributed by atoms with Gasteiger partial charge in [0.15, 0.2) is 6.61 Å². The summed E-state index contributed by atoms with van der Waals surface area (Å²) in [6, 6.07) is 9.80. The molecule has 0 unspecified atom stereocenters. The van der Waals surface area contributed by atoms with Crippen LogP contribution < -0.4 is 4.74 Å². The summed E-state index contributed by atoms with van der Waals surface area (Å²) in [4.78, 5) is 19.4. The fourth-order valence-electron chi connectivity index (χ4n) is 2.46. The summed E-state index contributed by atoms with van der Waals surface area (Å²) in [7, 11) is 0. The number of thiophene rings is 1. The lowest BCUT2D eigenvalue weighted by atomic mass is 10.1. The molecule has 2 heterocycles. The molecule has 0 aliphatic rings. The molecule has 0 saturated carbocycles. The van der Waals surface area contributed by atoms with Gasteiger partial charge in [0.25, 0.3) is 5.91 Å². The van der Waals surface area contributed by atoms with Gasteiger partial charge in [-0.3, -0.25) is 4.79 Å². The van der Waals surface area contributed by atoms with Crippen LogP contribution in [0.15, 0.2) is 40.2 Å². The lowest BCUT2D eigenvalue weighted by molar-refractivity contribution is -0.134.